The first-order chi connectivity index (χ1) is 8.14. The van der Waals surface area contributed by atoms with Crippen LogP contribution in [0.15, 0.2) is 12.7 Å². The van der Waals surface area contributed by atoms with E-state index in [-0.39, 0.29) is 12.4 Å². The van der Waals surface area contributed by atoms with E-state index in [1.807, 2.05) is 0 Å². The lowest BCUT2D eigenvalue weighted by atomic mass is 10.3. The molecule has 0 N–H and O–H groups in total. The summed E-state index contributed by atoms with van der Waals surface area (Å²) < 4.78 is 21.4. The molecule has 0 bridgehead atoms. The molecule has 100 valence electrons. The van der Waals surface area contributed by atoms with Gasteiger partial charge in [0.25, 0.3) is 5.97 Å². The minimum absolute atomic E-state index is 0.255. The molecular weight excluding hydrogens is 240 g/mol. The van der Waals surface area contributed by atoms with Crippen LogP contribution in [-0.4, -0.2) is 34.8 Å². The maximum atomic E-state index is 11.6. The summed E-state index contributed by atoms with van der Waals surface area (Å²) in [6.07, 6.45) is 2.48. The van der Waals surface area contributed by atoms with Gasteiger partial charge in [-0.05, 0) is 27.2 Å². The molecule has 6 heteroatoms. The standard InChI is InChI=1S/C11H22O5Si/c1-5-9-10-11(12)16-17(13-6-2,14-7-3)15-8-4/h5H,1,6-10H2,2-4H3. The van der Waals surface area contributed by atoms with Gasteiger partial charge < -0.3 is 17.7 Å². The second-order valence-corrected chi connectivity index (χ2v) is 5.17. The van der Waals surface area contributed by atoms with E-state index in [0.29, 0.717) is 26.2 Å². The summed E-state index contributed by atoms with van der Waals surface area (Å²) in [6.45, 7) is 10.1. The predicted octanol–water partition coefficient (Wildman–Crippen LogP) is 2.04. The smallest absolute Gasteiger partial charge is 0.452 e. The molecule has 0 aromatic rings. The van der Waals surface area contributed by atoms with E-state index in [4.69, 9.17) is 17.7 Å². The molecule has 17 heavy (non-hydrogen) atoms. The first-order valence-corrected chi connectivity index (χ1v) is 7.52. The molecule has 0 radical (unpaired) electrons. The Labute approximate surface area is 104 Å². The van der Waals surface area contributed by atoms with Crippen LogP contribution in [0.4, 0.5) is 0 Å². The molecule has 0 fully saturated rings. The Morgan fingerprint density at radius 2 is 1.59 bits per heavy atom. The summed E-state index contributed by atoms with van der Waals surface area (Å²) in [5.41, 5.74) is 0. The van der Waals surface area contributed by atoms with Gasteiger partial charge in [0.15, 0.2) is 0 Å². The third kappa shape index (κ3) is 6.57. The van der Waals surface area contributed by atoms with Gasteiger partial charge in [-0.1, -0.05) is 6.08 Å². The molecule has 0 unspecified atom stereocenters. The highest BCUT2D eigenvalue weighted by molar-refractivity contribution is 6.55. The van der Waals surface area contributed by atoms with Crippen molar-refractivity contribution in [1.29, 1.82) is 0 Å². The normalized spacial score (nSPS) is 11.2. The van der Waals surface area contributed by atoms with Crippen molar-refractivity contribution in [2.75, 3.05) is 19.8 Å². The summed E-state index contributed by atoms with van der Waals surface area (Å²) in [6, 6.07) is 0. The number of rotatable bonds is 10. The van der Waals surface area contributed by atoms with E-state index < -0.39 is 9.05 Å². The molecule has 0 atom stereocenters. The van der Waals surface area contributed by atoms with Gasteiger partial charge in [-0.25, -0.2) is 0 Å². The molecule has 0 aliphatic rings. The van der Waals surface area contributed by atoms with E-state index >= 15 is 0 Å². The molecule has 0 rings (SSSR count). The SMILES string of the molecule is C=CCCC(=O)O[Si](OCC)(OCC)OCC. The maximum absolute atomic E-state index is 11.6. The fraction of sp³-hybridized carbons (Fsp3) is 0.727. The van der Waals surface area contributed by atoms with Crippen LogP contribution in [0.1, 0.15) is 33.6 Å². The summed E-state index contributed by atoms with van der Waals surface area (Å²) in [7, 11) is -3.29. The average molecular weight is 262 g/mol. The van der Waals surface area contributed by atoms with Crippen molar-refractivity contribution < 1.29 is 22.5 Å². The van der Waals surface area contributed by atoms with E-state index in [2.05, 4.69) is 6.58 Å². The zero-order valence-corrected chi connectivity index (χ0v) is 11.9. The Kier molecular flexibility index (Phi) is 8.97. The molecule has 0 amide bonds. The van der Waals surface area contributed by atoms with Crippen molar-refractivity contribution in [1.82, 2.24) is 0 Å². The third-order valence-electron chi connectivity index (χ3n) is 1.75. The lowest BCUT2D eigenvalue weighted by Gasteiger charge is -2.25. The van der Waals surface area contributed by atoms with Crippen molar-refractivity contribution in [3.63, 3.8) is 0 Å². The van der Waals surface area contributed by atoms with Crippen LogP contribution < -0.4 is 0 Å². The average Bonchev–Trinajstić information content (AvgIpc) is 2.27. The molecular formula is C11H22O5Si. The number of allylic oxidation sites excluding steroid dienone is 1. The van der Waals surface area contributed by atoms with Gasteiger partial charge in [-0.2, -0.15) is 0 Å². The van der Waals surface area contributed by atoms with Gasteiger partial charge >= 0.3 is 9.05 Å². The number of carbonyl (C=O) groups is 1. The molecule has 0 aliphatic carbocycles. The van der Waals surface area contributed by atoms with Crippen molar-refractivity contribution in [3.05, 3.63) is 12.7 Å². The Balaban J connectivity index is 4.51. The molecule has 0 saturated heterocycles. The van der Waals surface area contributed by atoms with Gasteiger partial charge in [-0.15, -0.1) is 6.58 Å². The Morgan fingerprint density at radius 1 is 1.12 bits per heavy atom. The lowest BCUT2D eigenvalue weighted by molar-refractivity contribution is -0.144. The minimum atomic E-state index is -3.29. The van der Waals surface area contributed by atoms with E-state index in [1.54, 1.807) is 26.8 Å². The van der Waals surface area contributed by atoms with Crippen LogP contribution in [0.2, 0.25) is 0 Å². The van der Waals surface area contributed by atoms with Gasteiger partial charge in [-0.3, -0.25) is 4.79 Å². The Morgan fingerprint density at radius 3 is 1.94 bits per heavy atom. The first-order valence-electron chi connectivity index (χ1n) is 5.88. The third-order valence-corrected chi connectivity index (χ3v) is 4.16. The van der Waals surface area contributed by atoms with Crippen LogP contribution in [0.3, 0.4) is 0 Å². The fourth-order valence-electron chi connectivity index (χ4n) is 1.15. The molecule has 0 aromatic carbocycles. The zero-order chi connectivity index (χ0) is 13.1. The van der Waals surface area contributed by atoms with Crippen molar-refractivity contribution in [3.8, 4) is 0 Å². The Bertz CT molecular complexity index is 215. The van der Waals surface area contributed by atoms with Crippen LogP contribution in [-0.2, 0) is 22.5 Å². The summed E-state index contributed by atoms with van der Waals surface area (Å²) >= 11 is 0. The fourth-order valence-corrected chi connectivity index (χ4v) is 3.02. The number of hydrogen-bond acceptors (Lipinski definition) is 5. The Hall–Kier alpha value is -0.693. The van der Waals surface area contributed by atoms with E-state index in [9.17, 15) is 4.79 Å². The van der Waals surface area contributed by atoms with Gasteiger partial charge in [0, 0.05) is 26.2 Å². The minimum Gasteiger partial charge on any atom is -0.452 e. The van der Waals surface area contributed by atoms with Gasteiger partial charge in [0.05, 0.1) is 0 Å². The van der Waals surface area contributed by atoms with Gasteiger partial charge in [0.2, 0.25) is 0 Å². The topological polar surface area (TPSA) is 54.0 Å². The van der Waals surface area contributed by atoms with Crippen LogP contribution in [0, 0.1) is 0 Å². The lowest BCUT2D eigenvalue weighted by Crippen LogP contribution is -2.50. The molecule has 0 spiro atoms. The van der Waals surface area contributed by atoms with Crippen molar-refractivity contribution in [2.24, 2.45) is 0 Å². The molecule has 0 saturated carbocycles. The largest absolute Gasteiger partial charge is 0.751 e. The monoisotopic (exact) mass is 262 g/mol. The van der Waals surface area contributed by atoms with Crippen LogP contribution in [0.5, 0.6) is 0 Å². The van der Waals surface area contributed by atoms with E-state index in [0.717, 1.165) is 0 Å². The number of carbonyl (C=O) groups excluding carboxylic acids is 1. The maximum Gasteiger partial charge on any atom is 0.751 e. The highest BCUT2D eigenvalue weighted by atomic mass is 28.4. The molecule has 0 heterocycles. The quantitative estimate of drug-likeness (QED) is 0.445. The van der Waals surface area contributed by atoms with Crippen molar-refractivity contribution in [2.45, 2.75) is 33.6 Å². The van der Waals surface area contributed by atoms with Crippen LogP contribution in [0.25, 0.3) is 0 Å². The highest BCUT2D eigenvalue weighted by Crippen LogP contribution is 2.13. The summed E-state index contributed by atoms with van der Waals surface area (Å²) in [5.74, 6) is -0.382. The molecule has 5 nitrogen and oxygen atoms in total. The molecule has 0 aromatic heterocycles. The zero-order valence-electron chi connectivity index (χ0n) is 10.9. The first kappa shape index (κ1) is 16.3. The summed E-state index contributed by atoms with van der Waals surface area (Å²) in [5, 5.41) is 0. The highest BCUT2D eigenvalue weighted by Gasteiger charge is 2.49. The summed E-state index contributed by atoms with van der Waals surface area (Å²) in [4.78, 5) is 11.6. The second-order valence-electron chi connectivity index (χ2n) is 3.10. The van der Waals surface area contributed by atoms with Crippen molar-refractivity contribution >= 4 is 15.0 Å². The molecule has 0 aliphatic heterocycles. The predicted molar refractivity (Wildman–Crippen MR) is 66.2 cm³/mol. The van der Waals surface area contributed by atoms with Crippen LogP contribution >= 0.6 is 0 Å². The van der Waals surface area contributed by atoms with E-state index in [1.165, 1.54) is 0 Å². The van der Waals surface area contributed by atoms with Gasteiger partial charge in [0.1, 0.15) is 0 Å². The second kappa shape index (κ2) is 9.35. The number of hydrogen-bond donors (Lipinski definition) is 0.